The molecule has 0 N–H and O–H groups in total. The largest absolute Gasteiger partial charge is 0.456 e. The average molecular weight is 458 g/mol. The number of piperazine rings is 1. The maximum Gasteiger partial charge on any atom is 0.253 e. The number of aromatic nitrogens is 1. The maximum absolute atomic E-state index is 12.8. The second kappa shape index (κ2) is 8.86. The lowest BCUT2D eigenvalue weighted by atomic mass is 10.1. The molecule has 0 aliphatic carbocycles. The normalized spacial score (nSPS) is 14.8. The third kappa shape index (κ3) is 4.79. The standard InChI is InChI=1S/C21H20BrN3O2S/c22-20-8-7-19(28-20)15-24-10-12-25(13-11-24)21(26)16-3-5-17(6-4-16)27-18-2-1-9-23-14-18/h1-9,14H,10-13,15H2. The summed E-state index contributed by atoms with van der Waals surface area (Å²) in [5, 5.41) is 0. The molecule has 0 spiro atoms. The fourth-order valence-corrected chi connectivity index (χ4v) is 4.68. The van der Waals surface area contributed by atoms with Gasteiger partial charge in [0.05, 0.1) is 9.98 Å². The van der Waals surface area contributed by atoms with Crippen LogP contribution in [0.15, 0.2) is 64.7 Å². The van der Waals surface area contributed by atoms with Gasteiger partial charge in [-0.25, -0.2) is 0 Å². The second-order valence-electron chi connectivity index (χ2n) is 6.59. The van der Waals surface area contributed by atoms with E-state index < -0.39 is 0 Å². The summed E-state index contributed by atoms with van der Waals surface area (Å²) in [6, 6.07) is 15.2. The van der Waals surface area contributed by atoms with Crippen molar-refractivity contribution in [2.45, 2.75) is 6.54 Å². The van der Waals surface area contributed by atoms with Gasteiger partial charge in [-0.2, -0.15) is 0 Å². The molecule has 1 aromatic carbocycles. The van der Waals surface area contributed by atoms with Gasteiger partial charge in [-0.3, -0.25) is 14.7 Å². The van der Waals surface area contributed by atoms with Gasteiger partial charge in [0.2, 0.25) is 0 Å². The Balaban J connectivity index is 1.31. The number of hydrogen-bond acceptors (Lipinski definition) is 5. The van der Waals surface area contributed by atoms with Crippen LogP contribution in [0.4, 0.5) is 0 Å². The monoisotopic (exact) mass is 457 g/mol. The highest BCUT2D eigenvalue weighted by Gasteiger charge is 2.22. The fourth-order valence-electron chi connectivity index (χ4n) is 3.16. The lowest BCUT2D eigenvalue weighted by Gasteiger charge is -2.34. The van der Waals surface area contributed by atoms with Crippen molar-refractivity contribution in [1.29, 1.82) is 0 Å². The van der Waals surface area contributed by atoms with Crippen molar-refractivity contribution in [3.05, 3.63) is 75.2 Å². The van der Waals surface area contributed by atoms with Gasteiger partial charge in [-0.05, 0) is 64.5 Å². The predicted octanol–water partition coefficient (Wildman–Crippen LogP) is 4.66. The first-order valence-corrected chi connectivity index (χ1v) is 10.7. The highest BCUT2D eigenvalue weighted by Crippen LogP contribution is 2.24. The Hall–Kier alpha value is -2.22. The molecule has 3 heterocycles. The van der Waals surface area contributed by atoms with E-state index in [0.29, 0.717) is 17.1 Å². The zero-order valence-corrected chi connectivity index (χ0v) is 17.7. The first kappa shape index (κ1) is 19.1. The number of nitrogens with zero attached hydrogens (tertiary/aromatic N) is 3. The minimum absolute atomic E-state index is 0.0754. The molecule has 0 atom stereocenters. The number of amides is 1. The summed E-state index contributed by atoms with van der Waals surface area (Å²) in [5.74, 6) is 1.44. The van der Waals surface area contributed by atoms with E-state index in [-0.39, 0.29) is 5.91 Å². The Morgan fingerprint density at radius 3 is 2.46 bits per heavy atom. The maximum atomic E-state index is 12.8. The molecule has 1 saturated heterocycles. The van der Waals surface area contributed by atoms with E-state index in [0.717, 1.165) is 36.5 Å². The number of hydrogen-bond donors (Lipinski definition) is 0. The minimum atomic E-state index is 0.0754. The smallest absolute Gasteiger partial charge is 0.253 e. The fraction of sp³-hybridized carbons (Fsp3) is 0.238. The molecule has 0 saturated carbocycles. The molecule has 28 heavy (non-hydrogen) atoms. The number of carbonyl (C=O) groups is 1. The lowest BCUT2D eigenvalue weighted by Crippen LogP contribution is -2.48. The van der Waals surface area contributed by atoms with Crippen molar-refractivity contribution in [3.63, 3.8) is 0 Å². The van der Waals surface area contributed by atoms with Gasteiger partial charge < -0.3 is 9.64 Å². The van der Waals surface area contributed by atoms with Crippen LogP contribution in [0.3, 0.4) is 0 Å². The number of rotatable bonds is 5. The SMILES string of the molecule is O=C(c1ccc(Oc2cccnc2)cc1)N1CCN(Cc2ccc(Br)s2)CC1. The molecular weight excluding hydrogens is 438 g/mol. The third-order valence-electron chi connectivity index (χ3n) is 4.64. The Kier molecular flexibility index (Phi) is 6.04. The van der Waals surface area contributed by atoms with E-state index in [1.165, 1.54) is 4.88 Å². The Morgan fingerprint density at radius 1 is 1.04 bits per heavy atom. The van der Waals surface area contributed by atoms with Crippen LogP contribution in [0.5, 0.6) is 11.5 Å². The molecule has 2 aromatic heterocycles. The van der Waals surface area contributed by atoms with Crippen LogP contribution in [0.2, 0.25) is 0 Å². The summed E-state index contributed by atoms with van der Waals surface area (Å²) < 4.78 is 6.89. The summed E-state index contributed by atoms with van der Waals surface area (Å²) in [6.45, 7) is 4.23. The van der Waals surface area contributed by atoms with Gasteiger partial charge in [0.1, 0.15) is 11.5 Å². The number of halogens is 1. The molecular formula is C21H20BrN3O2S. The molecule has 1 fully saturated rings. The number of pyridine rings is 1. The van der Waals surface area contributed by atoms with E-state index in [1.807, 2.05) is 41.3 Å². The van der Waals surface area contributed by atoms with Crippen LogP contribution in [0.1, 0.15) is 15.2 Å². The molecule has 144 valence electrons. The third-order valence-corrected chi connectivity index (χ3v) is 6.25. The summed E-state index contributed by atoms with van der Waals surface area (Å²) in [4.78, 5) is 22.5. The molecule has 3 aromatic rings. The molecule has 1 aliphatic heterocycles. The van der Waals surface area contributed by atoms with Gasteiger partial charge >= 0.3 is 0 Å². The van der Waals surface area contributed by atoms with Crippen molar-refractivity contribution in [2.75, 3.05) is 26.2 Å². The topological polar surface area (TPSA) is 45.7 Å². The van der Waals surface area contributed by atoms with Crippen molar-refractivity contribution >= 4 is 33.2 Å². The molecule has 0 unspecified atom stereocenters. The van der Waals surface area contributed by atoms with E-state index in [1.54, 1.807) is 23.7 Å². The quantitative estimate of drug-likeness (QED) is 0.558. The molecule has 0 radical (unpaired) electrons. The van der Waals surface area contributed by atoms with E-state index in [2.05, 4.69) is 37.9 Å². The van der Waals surface area contributed by atoms with E-state index in [4.69, 9.17) is 4.74 Å². The zero-order valence-electron chi connectivity index (χ0n) is 15.3. The summed E-state index contributed by atoms with van der Waals surface area (Å²) in [5.41, 5.74) is 0.689. The Labute approximate surface area is 176 Å². The first-order chi connectivity index (χ1) is 13.7. The van der Waals surface area contributed by atoms with Crippen LogP contribution < -0.4 is 4.74 Å². The Bertz CT molecular complexity index is 922. The number of thiophene rings is 1. The van der Waals surface area contributed by atoms with Crippen LogP contribution in [-0.4, -0.2) is 46.9 Å². The first-order valence-electron chi connectivity index (χ1n) is 9.11. The van der Waals surface area contributed by atoms with Crippen molar-refractivity contribution in [1.82, 2.24) is 14.8 Å². The van der Waals surface area contributed by atoms with Crippen LogP contribution in [0, 0.1) is 0 Å². The molecule has 1 amide bonds. The van der Waals surface area contributed by atoms with E-state index >= 15 is 0 Å². The number of ether oxygens (including phenoxy) is 1. The zero-order chi connectivity index (χ0) is 19.3. The molecule has 5 nitrogen and oxygen atoms in total. The van der Waals surface area contributed by atoms with E-state index in [9.17, 15) is 4.79 Å². The van der Waals surface area contributed by atoms with Crippen LogP contribution >= 0.6 is 27.3 Å². The van der Waals surface area contributed by atoms with Gasteiger partial charge in [0.25, 0.3) is 5.91 Å². The minimum Gasteiger partial charge on any atom is -0.456 e. The van der Waals surface area contributed by atoms with Crippen molar-refractivity contribution < 1.29 is 9.53 Å². The van der Waals surface area contributed by atoms with Crippen LogP contribution in [0.25, 0.3) is 0 Å². The predicted molar refractivity (Wildman–Crippen MR) is 114 cm³/mol. The summed E-state index contributed by atoms with van der Waals surface area (Å²) >= 11 is 5.28. The van der Waals surface area contributed by atoms with Crippen LogP contribution in [-0.2, 0) is 6.54 Å². The number of benzene rings is 1. The molecule has 4 rings (SSSR count). The molecule has 1 aliphatic rings. The highest BCUT2D eigenvalue weighted by molar-refractivity contribution is 9.11. The highest BCUT2D eigenvalue weighted by atomic mass is 79.9. The molecule has 7 heteroatoms. The average Bonchev–Trinajstić information content (AvgIpc) is 3.14. The van der Waals surface area contributed by atoms with Gasteiger partial charge in [-0.1, -0.05) is 0 Å². The van der Waals surface area contributed by atoms with Gasteiger partial charge in [-0.15, -0.1) is 11.3 Å². The second-order valence-corrected chi connectivity index (χ2v) is 9.14. The van der Waals surface area contributed by atoms with Gasteiger partial charge in [0.15, 0.2) is 0 Å². The number of carbonyl (C=O) groups excluding carboxylic acids is 1. The van der Waals surface area contributed by atoms with Crippen molar-refractivity contribution in [2.24, 2.45) is 0 Å². The van der Waals surface area contributed by atoms with Gasteiger partial charge in [0, 0.05) is 49.4 Å². The van der Waals surface area contributed by atoms with Crippen molar-refractivity contribution in [3.8, 4) is 11.5 Å². The summed E-state index contributed by atoms with van der Waals surface area (Å²) in [6.07, 6.45) is 3.36. The molecule has 0 bridgehead atoms. The lowest BCUT2D eigenvalue weighted by molar-refractivity contribution is 0.0629. The summed E-state index contributed by atoms with van der Waals surface area (Å²) in [7, 11) is 0. The Morgan fingerprint density at radius 2 is 1.82 bits per heavy atom.